The van der Waals surface area contributed by atoms with Crippen LogP contribution in [0.4, 0.5) is 0 Å². The third-order valence-corrected chi connectivity index (χ3v) is 4.11. The van der Waals surface area contributed by atoms with Crippen molar-refractivity contribution in [2.75, 3.05) is 33.4 Å². The Hall–Kier alpha value is -0.650. The number of hydrogen-bond acceptors (Lipinski definition) is 5. The van der Waals surface area contributed by atoms with Crippen LogP contribution in [0.1, 0.15) is 32.6 Å². The van der Waals surface area contributed by atoms with Gasteiger partial charge in [0.2, 0.25) is 0 Å². The van der Waals surface area contributed by atoms with Gasteiger partial charge in [0.15, 0.2) is 6.29 Å². The van der Waals surface area contributed by atoms with Crippen molar-refractivity contribution >= 4 is 5.97 Å². The topological polar surface area (TPSA) is 48.0 Å². The molecule has 0 aromatic heterocycles. The summed E-state index contributed by atoms with van der Waals surface area (Å²) in [5.74, 6) is 0.454. The van der Waals surface area contributed by atoms with E-state index in [1.807, 2.05) is 0 Å². The molecule has 2 aliphatic rings. The van der Waals surface area contributed by atoms with Crippen LogP contribution in [-0.2, 0) is 19.0 Å². The van der Waals surface area contributed by atoms with E-state index >= 15 is 0 Å². The van der Waals surface area contributed by atoms with Gasteiger partial charge in [-0.3, -0.25) is 4.79 Å². The Balaban J connectivity index is 1.66. The maximum absolute atomic E-state index is 11.2. The first-order valence-electron chi connectivity index (χ1n) is 7.27. The summed E-state index contributed by atoms with van der Waals surface area (Å²) >= 11 is 0. The van der Waals surface area contributed by atoms with Gasteiger partial charge in [0, 0.05) is 6.42 Å². The fourth-order valence-corrected chi connectivity index (χ4v) is 2.82. The highest BCUT2D eigenvalue weighted by atomic mass is 16.7. The van der Waals surface area contributed by atoms with Crippen LogP contribution in [0.15, 0.2) is 0 Å². The summed E-state index contributed by atoms with van der Waals surface area (Å²) in [5, 5.41) is 0. The second-order valence-electron chi connectivity index (χ2n) is 5.41. The average Bonchev–Trinajstić information content (AvgIpc) is 2.86. The van der Waals surface area contributed by atoms with Crippen LogP contribution in [0.5, 0.6) is 0 Å². The van der Waals surface area contributed by atoms with Crippen molar-refractivity contribution in [1.29, 1.82) is 0 Å². The molecule has 0 saturated carbocycles. The van der Waals surface area contributed by atoms with Crippen molar-refractivity contribution in [2.45, 2.75) is 45.0 Å². The largest absolute Gasteiger partial charge is 0.469 e. The van der Waals surface area contributed by atoms with E-state index < -0.39 is 0 Å². The van der Waals surface area contributed by atoms with Crippen molar-refractivity contribution in [1.82, 2.24) is 4.90 Å². The lowest BCUT2D eigenvalue weighted by molar-refractivity contribution is -0.144. The minimum absolute atomic E-state index is 0.131. The molecule has 0 bridgehead atoms. The molecule has 2 aliphatic heterocycles. The van der Waals surface area contributed by atoms with Crippen LogP contribution in [0.2, 0.25) is 0 Å². The number of rotatable bonds is 5. The van der Waals surface area contributed by atoms with Gasteiger partial charge in [-0.1, -0.05) is 6.92 Å². The minimum atomic E-state index is -0.231. The van der Waals surface area contributed by atoms with Crippen molar-refractivity contribution < 1.29 is 19.0 Å². The maximum Gasteiger partial charge on any atom is 0.308 e. The molecule has 5 heteroatoms. The molecule has 2 unspecified atom stereocenters. The van der Waals surface area contributed by atoms with Gasteiger partial charge in [-0.25, -0.2) is 0 Å². The fourth-order valence-electron chi connectivity index (χ4n) is 2.82. The lowest BCUT2D eigenvalue weighted by Crippen LogP contribution is -2.34. The Kier molecular flexibility index (Phi) is 5.60. The predicted octanol–water partition coefficient (Wildman–Crippen LogP) is 1.41. The van der Waals surface area contributed by atoms with E-state index in [-0.39, 0.29) is 18.4 Å². The first kappa shape index (κ1) is 14.8. The van der Waals surface area contributed by atoms with Gasteiger partial charge in [-0.05, 0) is 38.4 Å². The van der Waals surface area contributed by atoms with E-state index in [2.05, 4.69) is 16.6 Å². The molecule has 0 aliphatic carbocycles. The SMILES string of the molecule is CCN1CCC(CC2OCC(CC(=O)OC)O2)CC1. The van der Waals surface area contributed by atoms with E-state index in [1.54, 1.807) is 0 Å². The number of ether oxygens (including phenoxy) is 3. The normalized spacial score (nSPS) is 29.6. The molecule has 2 saturated heterocycles. The highest BCUT2D eigenvalue weighted by molar-refractivity contribution is 5.69. The standard InChI is InChI=1S/C14H25NO4/c1-3-15-6-4-11(5-7-15)8-14-18-10-12(19-14)9-13(16)17-2/h11-12,14H,3-10H2,1-2H3. The van der Waals surface area contributed by atoms with Crippen LogP contribution in [0.3, 0.4) is 0 Å². The first-order valence-corrected chi connectivity index (χ1v) is 7.27. The van der Waals surface area contributed by atoms with Gasteiger partial charge in [-0.15, -0.1) is 0 Å². The summed E-state index contributed by atoms with van der Waals surface area (Å²) in [7, 11) is 1.40. The maximum atomic E-state index is 11.2. The van der Waals surface area contributed by atoms with Crippen LogP contribution < -0.4 is 0 Å². The number of hydrogen-bond donors (Lipinski definition) is 0. The second kappa shape index (κ2) is 7.22. The summed E-state index contributed by atoms with van der Waals surface area (Å²) in [4.78, 5) is 13.6. The van der Waals surface area contributed by atoms with Crippen LogP contribution in [0.25, 0.3) is 0 Å². The van der Waals surface area contributed by atoms with Crippen molar-refractivity contribution in [3.05, 3.63) is 0 Å². The first-order chi connectivity index (χ1) is 9.21. The van der Waals surface area contributed by atoms with Gasteiger partial charge < -0.3 is 19.1 Å². The summed E-state index contributed by atoms with van der Waals surface area (Å²) in [6, 6.07) is 0. The Bertz CT molecular complexity index is 289. The number of carbonyl (C=O) groups excluding carboxylic acids is 1. The Morgan fingerprint density at radius 1 is 1.37 bits per heavy atom. The molecule has 0 aromatic rings. The number of methoxy groups -OCH3 is 1. The number of nitrogens with zero attached hydrogens (tertiary/aromatic N) is 1. The Morgan fingerprint density at radius 2 is 2.11 bits per heavy atom. The van der Waals surface area contributed by atoms with Gasteiger partial charge in [0.25, 0.3) is 0 Å². The zero-order chi connectivity index (χ0) is 13.7. The molecule has 0 N–H and O–H groups in total. The van der Waals surface area contributed by atoms with Crippen molar-refractivity contribution in [3.8, 4) is 0 Å². The predicted molar refractivity (Wildman–Crippen MR) is 70.7 cm³/mol. The van der Waals surface area contributed by atoms with E-state index in [0.29, 0.717) is 18.9 Å². The van der Waals surface area contributed by atoms with Crippen molar-refractivity contribution in [3.63, 3.8) is 0 Å². The van der Waals surface area contributed by atoms with Crippen LogP contribution in [0, 0.1) is 5.92 Å². The zero-order valence-corrected chi connectivity index (χ0v) is 12.0. The number of piperidine rings is 1. The minimum Gasteiger partial charge on any atom is -0.469 e. The lowest BCUT2D eigenvalue weighted by Gasteiger charge is -2.31. The summed E-state index contributed by atoms with van der Waals surface area (Å²) in [5.41, 5.74) is 0. The number of esters is 1. The third kappa shape index (κ3) is 4.44. The van der Waals surface area contributed by atoms with Crippen LogP contribution in [-0.4, -0.2) is 56.6 Å². The molecule has 2 atom stereocenters. The van der Waals surface area contributed by atoms with E-state index in [1.165, 1.54) is 33.0 Å². The quantitative estimate of drug-likeness (QED) is 0.708. The lowest BCUT2D eigenvalue weighted by atomic mass is 9.93. The Morgan fingerprint density at radius 3 is 2.74 bits per heavy atom. The number of carbonyl (C=O) groups is 1. The molecule has 5 nitrogen and oxygen atoms in total. The smallest absolute Gasteiger partial charge is 0.308 e. The zero-order valence-electron chi connectivity index (χ0n) is 12.0. The third-order valence-electron chi connectivity index (χ3n) is 4.11. The van der Waals surface area contributed by atoms with E-state index in [9.17, 15) is 4.79 Å². The molecule has 110 valence electrons. The van der Waals surface area contributed by atoms with Crippen LogP contribution >= 0.6 is 0 Å². The molecule has 0 radical (unpaired) electrons. The molecule has 2 fully saturated rings. The average molecular weight is 271 g/mol. The molecule has 2 heterocycles. The van der Waals surface area contributed by atoms with Gasteiger partial charge >= 0.3 is 5.97 Å². The van der Waals surface area contributed by atoms with Crippen molar-refractivity contribution in [2.24, 2.45) is 5.92 Å². The molecule has 2 rings (SSSR count). The monoisotopic (exact) mass is 271 g/mol. The molecular weight excluding hydrogens is 246 g/mol. The second-order valence-corrected chi connectivity index (χ2v) is 5.41. The molecule has 0 aromatic carbocycles. The molecule has 0 spiro atoms. The highest BCUT2D eigenvalue weighted by Crippen LogP contribution is 2.27. The molecule has 19 heavy (non-hydrogen) atoms. The fraction of sp³-hybridized carbons (Fsp3) is 0.929. The summed E-state index contributed by atoms with van der Waals surface area (Å²) in [6.07, 6.45) is 3.43. The van der Waals surface area contributed by atoms with Gasteiger partial charge in [0.05, 0.1) is 26.2 Å². The summed E-state index contributed by atoms with van der Waals surface area (Å²) < 4.78 is 16.0. The van der Waals surface area contributed by atoms with E-state index in [0.717, 1.165) is 13.0 Å². The van der Waals surface area contributed by atoms with Gasteiger partial charge in [-0.2, -0.15) is 0 Å². The van der Waals surface area contributed by atoms with Gasteiger partial charge in [0.1, 0.15) is 0 Å². The Labute approximate surface area is 115 Å². The summed E-state index contributed by atoms with van der Waals surface area (Å²) in [6.45, 7) is 6.22. The molecular formula is C14H25NO4. The van der Waals surface area contributed by atoms with E-state index in [4.69, 9.17) is 9.47 Å². The number of likely N-dealkylation sites (tertiary alicyclic amines) is 1. The molecule has 0 amide bonds. The highest BCUT2D eigenvalue weighted by Gasteiger charge is 2.31.